The Kier molecular flexibility index (Phi) is 10.4. The summed E-state index contributed by atoms with van der Waals surface area (Å²) in [6.45, 7) is 7.26. The zero-order valence-corrected chi connectivity index (χ0v) is 23.1. The van der Waals surface area contributed by atoms with E-state index in [9.17, 15) is 18.0 Å². The normalized spacial score (nSPS) is 12.2. The second-order valence-corrected chi connectivity index (χ2v) is 11.2. The lowest BCUT2D eigenvalue weighted by Crippen LogP contribution is -2.52. The lowest BCUT2D eigenvalue weighted by atomic mass is 10.1. The van der Waals surface area contributed by atoms with E-state index >= 15 is 0 Å². The highest BCUT2D eigenvalue weighted by Gasteiger charge is 2.33. The Balaban J connectivity index is 2.54. The van der Waals surface area contributed by atoms with Crippen LogP contribution in [0.15, 0.2) is 36.4 Å². The van der Waals surface area contributed by atoms with Crippen LogP contribution >= 0.6 is 23.2 Å². The van der Waals surface area contributed by atoms with Crippen LogP contribution in [-0.2, 0) is 26.2 Å². The summed E-state index contributed by atoms with van der Waals surface area (Å²) >= 11 is 12.8. The number of anilines is 1. The maximum absolute atomic E-state index is 13.8. The maximum Gasteiger partial charge on any atom is 0.244 e. The third-order valence-corrected chi connectivity index (χ3v) is 7.51. The molecule has 0 aliphatic heterocycles. The summed E-state index contributed by atoms with van der Waals surface area (Å²) in [5.74, 6) is -0.851. The zero-order valence-electron chi connectivity index (χ0n) is 20.8. The van der Waals surface area contributed by atoms with Crippen molar-refractivity contribution >= 4 is 50.7 Å². The van der Waals surface area contributed by atoms with Gasteiger partial charge >= 0.3 is 0 Å². The van der Waals surface area contributed by atoms with Crippen molar-refractivity contribution in [3.05, 3.63) is 63.1 Å². The van der Waals surface area contributed by atoms with Gasteiger partial charge in [-0.1, -0.05) is 61.3 Å². The highest BCUT2D eigenvalue weighted by molar-refractivity contribution is 7.92. The van der Waals surface area contributed by atoms with Crippen molar-refractivity contribution < 1.29 is 18.0 Å². The minimum atomic E-state index is -3.81. The van der Waals surface area contributed by atoms with Gasteiger partial charge in [-0.25, -0.2) is 8.42 Å². The van der Waals surface area contributed by atoms with Crippen molar-refractivity contribution in [1.82, 2.24) is 10.2 Å². The topological polar surface area (TPSA) is 86.8 Å². The number of nitrogens with zero attached hydrogens (tertiary/aromatic N) is 2. The second kappa shape index (κ2) is 12.6. The number of carbonyl (C=O) groups is 2. The number of nitrogens with one attached hydrogen (secondary N) is 1. The molecule has 0 saturated heterocycles. The standard InChI is InChI=1S/C25H33Cl2N3O4S/c1-6-14-28-25(32)22(7-2)29(15-19-20(26)12-9-13-21(19)27)23(31)16-30(35(5,33)34)24-17(3)10-8-11-18(24)4/h8-13,22H,6-7,14-16H2,1-5H3,(H,28,32)/t22-/m1/s1. The molecule has 0 radical (unpaired) electrons. The molecular weight excluding hydrogens is 509 g/mol. The first-order valence-corrected chi connectivity index (χ1v) is 14.1. The van der Waals surface area contributed by atoms with Gasteiger partial charge in [-0.3, -0.25) is 13.9 Å². The number of benzene rings is 2. The summed E-state index contributed by atoms with van der Waals surface area (Å²) in [6, 6.07) is 9.58. The third-order valence-electron chi connectivity index (χ3n) is 5.69. The highest BCUT2D eigenvalue weighted by Crippen LogP contribution is 2.29. The summed E-state index contributed by atoms with van der Waals surface area (Å²) in [5, 5.41) is 3.55. The fourth-order valence-electron chi connectivity index (χ4n) is 3.91. The predicted molar refractivity (Wildman–Crippen MR) is 142 cm³/mol. The van der Waals surface area contributed by atoms with E-state index in [-0.39, 0.29) is 12.5 Å². The van der Waals surface area contributed by atoms with Gasteiger partial charge in [0, 0.05) is 28.7 Å². The van der Waals surface area contributed by atoms with Gasteiger partial charge in [0.15, 0.2) is 0 Å². The Morgan fingerprint density at radius 2 is 1.54 bits per heavy atom. The molecule has 0 unspecified atom stereocenters. The first kappa shape index (κ1) is 28.9. The second-order valence-electron chi connectivity index (χ2n) is 8.45. The number of para-hydroxylation sites is 1. The Labute approximate surface area is 218 Å². The minimum Gasteiger partial charge on any atom is -0.354 e. The van der Waals surface area contributed by atoms with E-state index in [0.29, 0.717) is 34.3 Å². The van der Waals surface area contributed by atoms with E-state index in [0.717, 1.165) is 28.1 Å². The lowest BCUT2D eigenvalue weighted by Gasteiger charge is -2.33. The largest absolute Gasteiger partial charge is 0.354 e. The average molecular weight is 543 g/mol. The Morgan fingerprint density at radius 1 is 1.00 bits per heavy atom. The number of carbonyl (C=O) groups excluding carboxylic acids is 2. The van der Waals surface area contributed by atoms with Gasteiger partial charge in [0.1, 0.15) is 12.6 Å². The van der Waals surface area contributed by atoms with Crippen molar-refractivity contribution in [3.8, 4) is 0 Å². The smallest absolute Gasteiger partial charge is 0.244 e. The fraction of sp³-hybridized carbons (Fsp3) is 0.440. The fourth-order valence-corrected chi connectivity index (χ4v) is 5.40. The predicted octanol–water partition coefficient (Wildman–Crippen LogP) is 4.71. The van der Waals surface area contributed by atoms with Crippen LogP contribution in [-0.4, -0.2) is 50.5 Å². The van der Waals surface area contributed by atoms with E-state index in [1.807, 2.05) is 13.0 Å². The maximum atomic E-state index is 13.8. The number of hydrogen-bond acceptors (Lipinski definition) is 4. The van der Waals surface area contributed by atoms with Crippen LogP contribution in [0.25, 0.3) is 0 Å². The number of sulfonamides is 1. The van der Waals surface area contributed by atoms with Gasteiger partial charge in [0.05, 0.1) is 11.9 Å². The number of halogens is 2. The monoisotopic (exact) mass is 541 g/mol. The van der Waals surface area contributed by atoms with Crippen molar-refractivity contribution in [1.29, 1.82) is 0 Å². The summed E-state index contributed by atoms with van der Waals surface area (Å²) in [4.78, 5) is 28.1. The molecule has 0 fully saturated rings. The summed E-state index contributed by atoms with van der Waals surface area (Å²) < 4.78 is 26.7. The van der Waals surface area contributed by atoms with Crippen LogP contribution in [0.4, 0.5) is 5.69 Å². The molecule has 10 heteroatoms. The van der Waals surface area contributed by atoms with E-state index in [4.69, 9.17) is 23.2 Å². The van der Waals surface area contributed by atoms with E-state index in [2.05, 4.69) is 5.32 Å². The molecule has 0 aliphatic rings. The van der Waals surface area contributed by atoms with Crippen molar-refractivity contribution in [2.75, 3.05) is 23.7 Å². The van der Waals surface area contributed by atoms with Gasteiger partial charge in [-0.2, -0.15) is 0 Å². The van der Waals surface area contributed by atoms with Crippen molar-refractivity contribution in [3.63, 3.8) is 0 Å². The molecule has 0 heterocycles. The summed E-state index contributed by atoms with van der Waals surface area (Å²) in [7, 11) is -3.81. The van der Waals surface area contributed by atoms with Crippen LogP contribution < -0.4 is 9.62 Å². The average Bonchev–Trinajstić information content (AvgIpc) is 2.77. The zero-order chi connectivity index (χ0) is 26.3. The van der Waals surface area contributed by atoms with Gasteiger partial charge in [0.2, 0.25) is 21.8 Å². The van der Waals surface area contributed by atoms with E-state index in [1.54, 1.807) is 51.1 Å². The lowest BCUT2D eigenvalue weighted by molar-refractivity contribution is -0.140. The van der Waals surface area contributed by atoms with E-state index < -0.39 is 28.5 Å². The number of hydrogen-bond donors (Lipinski definition) is 1. The molecule has 0 bridgehead atoms. The molecule has 1 atom stereocenters. The molecule has 0 spiro atoms. The molecule has 0 aliphatic carbocycles. The van der Waals surface area contributed by atoms with Crippen LogP contribution in [0.2, 0.25) is 10.0 Å². The van der Waals surface area contributed by atoms with Crippen LogP contribution in [0.1, 0.15) is 43.4 Å². The SMILES string of the molecule is CCCNC(=O)[C@@H](CC)N(Cc1c(Cl)cccc1Cl)C(=O)CN(c1c(C)cccc1C)S(C)(=O)=O. The van der Waals surface area contributed by atoms with Crippen molar-refractivity contribution in [2.24, 2.45) is 0 Å². The molecule has 1 N–H and O–H groups in total. The van der Waals surface area contributed by atoms with Gasteiger partial charge in [-0.05, 0) is 49.9 Å². The molecule has 2 aromatic carbocycles. The molecule has 2 rings (SSSR count). The number of rotatable bonds is 11. The third kappa shape index (κ3) is 7.35. The molecular formula is C25H33Cl2N3O4S. The number of aryl methyl sites for hydroxylation is 2. The van der Waals surface area contributed by atoms with E-state index in [1.165, 1.54) is 4.90 Å². The van der Waals surface area contributed by atoms with Gasteiger partial charge in [0.25, 0.3) is 0 Å². The molecule has 35 heavy (non-hydrogen) atoms. The quantitative estimate of drug-likeness (QED) is 0.446. The first-order valence-electron chi connectivity index (χ1n) is 11.5. The first-order chi connectivity index (χ1) is 16.4. The van der Waals surface area contributed by atoms with Gasteiger partial charge in [-0.15, -0.1) is 0 Å². The van der Waals surface area contributed by atoms with Crippen LogP contribution in [0.5, 0.6) is 0 Å². The number of amides is 2. The van der Waals surface area contributed by atoms with Crippen LogP contribution in [0, 0.1) is 13.8 Å². The molecule has 7 nitrogen and oxygen atoms in total. The Hall–Kier alpha value is -2.29. The summed E-state index contributed by atoms with van der Waals surface area (Å²) in [5.41, 5.74) is 2.37. The molecule has 2 aromatic rings. The molecule has 0 aromatic heterocycles. The molecule has 0 saturated carbocycles. The van der Waals surface area contributed by atoms with Crippen LogP contribution in [0.3, 0.4) is 0 Å². The molecule has 192 valence electrons. The molecule has 2 amide bonds. The minimum absolute atomic E-state index is 0.0419. The Morgan fingerprint density at radius 3 is 2.03 bits per heavy atom. The van der Waals surface area contributed by atoms with Gasteiger partial charge < -0.3 is 10.2 Å². The summed E-state index contributed by atoms with van der Waals surface area (Å²) in [6.07, 6.45) is 2.12. The highest BCUT2D eigenvalue weighted by atomic mass is 35.5. The Bertz CT molecular complexity index is 1130. The van der Waals surface area contributed by atoms with Crippen molar-refractivity contribution in [2.45, 2.75) is 53.1 Å².